The summed E-state index contributed by atoms with van der Waals surface area (Å²) in [6.07, 6.45) is -9.27. The van der Waals surface area contributed by atoms with Crippen LogP contribution in [0.5, 0.6) is 0 Å². The third-order valence-corrected chi connectivity index (χ3v) is 3.47. The summed E-state index contributed by atoms with van der Waals surface area (Å²) in [5.41, 5.74) is 0. The van der Waals surface area contributed by atoms with Crippen molar-refractivity contribution in [3.05, 3.63) is 0 Å². The fraction of sp³-hybridized carbons (Fsp3) is 1.00. The third kappa shape index (κ3) is 2.16. The van der Waals surface area contributed by atoms with Crippen LogP contribution >= 0.6 is 0 Å². The van der Waals surface area contributed by atoms with E-state index in [1.807, 2.05) is 0 Å². The minimum absolute atomic E-state index is 2.07. The second kappa shape index (κ2) is 3.54. The van der Waals surface area contributed by atoms with E-state index in [4.69, 9.17) is 0 Å². The SMILES string of the molecule is O=S1(=O)OC(F)C(C2OS(=O)(=O)OC2F)O1. The van der Waals surface area contributed by atoms with E-state index in [1.165, 1.54) is 0 Å². The molecule has 0 aromatic carbocycles. The summed E-state index contributed by atoms with van der Waals surface area (Å²) in [6.45, 7) is 0. The van der Waals surface area contributed by atoms with Gasteiger partial charge in [-0.2, -0.15) is 16.8 Å². The molecular weight excluding hydrogens is 278 g/mol. The number of rotatable bonds is 1. The average Bonchev–Trinajstić information content (AvgIpc) is 2.48. The van der Waals surface area contributed by atoms with E-state index in [2.05, 4.69) is 16.7 Å². The van der Waals surface area contributed by atoms with Gasteiger partial charge in [-0.05, 0) is 0 Å². The van der Waals surface area contributed by atoms with E-state index in [9.17, 15) is 25.6 Å². The van der Waals surface area contributed by atoms with Crippen molar-refractivity contribution in [2.75, 3.05) is 0 Å². The lowest BCUT2D eigenvalue weighted by atomic mass is 10.2. The Morgan fingerprint density at radius 1 is 0.688 bits per heavy atom. The molecule has 8 nitrogen and oxygen atoms in total. The third-order valence-electron chi connectivity index (χ3n) is 1.72. The molecule has 0 spiro atoms. The average molecular weight is 282 g/mol. The first kappa shape index (κ1) is 12.1. The van der Waals surface area contributed by atoms with Crippen LogP contribution in [0.4, 0.5) is 8.78 Å². The Kier molecular flexibility index (Phi) is 2.67. The van der Waals surface area contributed by atoms with Crippen molar-refractivity contribution in [2.24, 2.45) is 0 Å². The van der Waals surface area contributed by atoms with Crippen LogP contribution in [0.2, 0.25) is 0 Å². The van der Waals surface area contributed by atoms with Gasteiger partial charge in [0, 0.05) is 0 Å². The monoisotopic (exact) mass is 282 g/mol. The van der Waals surface area contributed by atoms with Gasteiger partial charge in [0.2, 0.25) is 12.7 Å². The van der Waals surface area contributed by atoms with E-state index < -0.39 is 45.7 Å². The normalized spacial score (nSPS) is 45.9. The van der Waals surface area contributed by atoms with Crippen molar-refractivity contribution in [3.8, 4) is 0 Å². The van der Waals surface area contributed by atoms with Gasteiger partial charge in [0.15, 0.2) is 12.2 Å². The van der Waals surface area contributed by atoms with E-state index in [-0.39, 0.29) is 0 Å². The highest BCUT2D eigenvalue weighted by Crippen LogP contribution is 2.33. The molecule has 2 saturated heterocycles. The molecule has 2 fully saturated rings. The van der Waals surface area contributed by atoms with Gasteiger partial charge in [0.25, 0.3) is 0 Å². The lowest BCUT2D eigenvalue weighted by Crippen LogP contribution is -2.38. The van der Waals surface area contributed by atoms with Crippen LogP contribution in [-0.2, 0) is 37.5 Å². The van der Waals surface area contributed by atoms with Crippen LogP contribution in [0.3, 0.4) is 0 Å². The molecule has 0 amide bonds. The molecule has 0 aromatic heterocycles. The first-order chi connectivity index (χ1) is 7.20. The highest BCUT2D eigenvalue weighted by Gasteiger charge is 2.55. The maximum absolute atomic E-state index is 12.9. The Morgan fingerprint density at radius 3 is 1.19 bits per heavy atom. The van der Waals surface area contributed by atoms with E-state index in [1.54, 1.807) is 0 Å². The molecular formula is C4H4F2O8S2. The van der Waals surface area contributed by atoms with Crippen molar-refractivity contribution in [1.82, 2.24) is 0 Å². The Bertz CT molecular complexity index is 438. The summed E-state index contributed by atoms with van der Waals surface area (Å²) in [6, 6.07) is 0. The minimum Gasteiger partial charge on any atom is -0.236 e. The van der Waals surface area contributed by atoms with Gasteiger partial charge in [-0.25, -0.2) is 25.5 Å². The minimum atomic E-state index is -4.61. The quantitative estimate of drug-likeness (QED) is 0.596. The zero-order chi connectivity index (χ0) is 12.1. The second-order valence-corrected chi connectivity index (χ2v) is 5.24. The maximum atomic E-state index is 12.9. The summed E-state index contributed by atoms with van der Waals surface area (Å²) in [5.74, 6) is 0. The molecule has 94 valence electrons. The Labute approximate surface area is 88.7 Å². The van der Waals surface area contributed by atoms with Gasteiger partial charge in [-0.1, -0.05) is 0 Å². The first-order valence-corrected chi connectivity index (χ1v) is 6.38. The first-order valence-electron chi connectivity index (χ1n) is 3.71. The molecule has 0 bridgehead atoms. The van der Waals surface area contributed by atoms with Gasteiger partial charge in [0.1, 0.15) is 0 Å². The molecule has 4 atom stereocenters. The zero-order valence-corrected chi connectivity index (χ0v) is 8.78. The van der Waals surface area contributed by atoms with E-state index >= 15 is 0 Å². The lowest BCUT2D eigenvalue weighted by molar-refractivity contribution is -0.0655. The Hall–Kier alpha value is -0.400. The number of alkyl halides is 2. The van der Waals surface area contributed by atoms with Gasteiger partial charge in [-0.3, -0.25) is 0 Å². The summed E-state index contributed by atoms with van der Waals surface area (Å²) < 4.78 is 83.7. The van der Waals surface area contributed by atoms with Crippen LogP contribution in [0.15, 0.2) is 0 Å². The zero-order valence-electron chi connectivity index (χ0n) is 7.15. The van der Waals surface area contributed by atoms with Gasteiger partial charge < -0.3 is 0 Å². The summed E-state index contributed by atoms with van der Waals surface area (Å²) in [4.78, 5) is 0. The maximum Gasteiger partial charge on any atom is 0.403 e. The predicted molar refractivity (Wildman–Crippen MR) is 39.5 cm³/mol. The van der Waals surface area contributed by atoms with Gasteiger partial charge >= 0.3 is 20.8 Å². The molecule has 2 heterocycles. The molecule has 16 heavy (non-hydrogen) atoms. The largest absolute Gasteiger partial charge is 0.403 e. The molecule has 0 saturated carbocycles. The molecule has 4 unspecified atom stereocenters. The van der Waals surface area contributed by atoms with Crippen LogP contribution in [-0.4, -0.2) is 41.8 Å². The van der Waals surface area contributed by atoms with Crippen molar-refractivity contribution in [3.63, 3.8) is 0 Å². The smallest absolute Gasteiger partial charge is 0.236 e. The molecule has 2 rings (SSSR count). The van der Waals surface area contributed by atoms with Crippen LogP contribution in [0.1, 0.15) is 0 Å². The molecule has 12 heteroatoms. The fourth-order valence-corrected chi connectivity index (χ4v) is 2.85. The standard InChI is InChI=1S/C4H4F2O8S2/c5-3-1(11-15(7,8)13-3)2-4(6)14-16(9,10)12-2/h1-4H. The van der Waals surface area contributed by atoms with Crippen molar-refractivity contribution < 1.29 is 42.3 Å². The van der Waals surface area contributed by atoms with Crippen molar-refractivity contribution >= 4 is 20.8 Å². The summed E-state index contributed by atoms with van der Waals surface area (Å²) in [7, 11) is -9.23. The molecule has 0 aromatic rings. The van der Waals surface area contributed by atoms with Crippen molar-refractivity contribution in [1.29, 1.82) is 0 Å². The molecule has 0 N–H and O–H groups in total. The predicted octanol–water partition coefficient (Wildman–Crippen LogP) is -1.10. The summed E-state index contributed by atoms with van der Waals surface area (Å²) >= 11 is 0. The van der Waals surface area contributed by atoms with Gasteiger partial charge in [-0.15, -0.1) is 0 Å². The molecule has 2 aliphatic heterocycles. The topological polar surface area (TPSA) is 105 Å². The summed E-state index contributed by atoms with van der Waals surface area (Å²) in [5, 5.41) is 0. The van der Waals surface area contributed by atoms with Crippen molar-refractivity contribution in [2.45, 2.75) is 24.9 Å². The fourth-order valence-electron chi connectivity index (χ4n) is 1.15. The van der Waals surface area contributed by atoms with Crippen LogP contribution in [0, 0.1) is 0 Å². The second-order valence-electron chi connectivity index (χ2n) is 2.83. The van der Waals surface area contributed by atoms with Crippen LogP contribution < -0.4 is 0 Å². The van der Waals surface area contributed by atoms with E-state index in [0.29, 0.717) is 0 Å². The Morgan fingerprint density at radius 2 is 1.00 bits per heavy atom. The molecule has 0 radical (unpaired) electrons. The number of hydrogen-bond donors (Lipinski definition) is 0. The lowest BCUT2D eigenvalue weighted by Gasteiger charge is -2.13. The van der Waals surface area contributed by atoms with Crippen LogP contribution in [0.25, 0.3) is 0 Å². The highest BCUT2D eigenvalue weighted by atomic mass is 32.3. The Balaban J connectivity index is 2.21. The van der Waals surface area contributed by atoms with E-state index in [0.717, 1.165) is 0 Å². The molecule has 2 aliphatic rings. The number of halogens is 2. The molecule has 0 aliphatic carbocycles. The van der Waals surface area contributed by atoms with Gasteiger partial charge in [0.05, 0.1) is 0 Å². The highest BCUT2D eigenvalue weighted by molar-refractivity contribution is 7.82. The number of hydrogen-bond acceptors (Lipinski definition) is 8.